The molecule has 3 N–H and O–H groups in total. The molecule has 0 amide bonds. The first kappa shape index (κ1) is 18.3. The van der Waals surface area contributed by atoms with Gasteiger partial charge >= 0.3 is 0 Å². The first-order valence-corrected chi connectivity index (χ1v) is 8.87. The van der Waals surface area contributed by atoms with Crippen molar-refractivity contribution in [2.24, 2.45) is 0 Å². The largest absolute Gasteiger partial charge is 0.398 e. The first-order valence-electron chi connectivity index (χ1n) is 6.60. The maximum Gasteiger partial charge on any atom is 0.242 e. The fourth-order valence-corrected chi connectivity index (χ4v) is 3.31. The number of anilines is 1. The molecule has 5 nitrogen and oxygen atoms in total. The van der Waals surface area contributed by atoms with Gasteiger partial charge in [0, 0.05) is 13.2 Å². The molecule has 1 aromatic carbocycles. The predicted octanol–water partition coefficient (Wildman–Crippen LogP) is 2.65. The van der Waals surface area contributed by atoms with Crippen LogP contribution in [0.5, 0.6) is 0 Å². The SMILES string of the molecule is CC(C)OCCCCNS(=O)(=O)c1cc(Br)c(F)cc1N. The van der Waals surface area contributed by atoms with Gasteiger partial charge in [0.25, 0.3) is 0 Å². The molecule has 0 aromatic heterocycles. The summed E-state index contributed by atoms with van der Waals surface area (Å²) in [5.41, 5.74) is 5.44. The van der Waals surface area contributed by atoms with Gasteiger partial charge in [0.15, 0.2) is 0 Å². The number of ether oxygens (including phenoxy) is 1. The van der Waals surface area contributed by atoms with Crippen LogP contribution in [0.1, 0.15) is 26.7 Å². The first-order chi connectivity index (χ1) is 9.74. The molecule has 8 heteroatoms. The van der Waals surface area contributed by atoms with E-state index in [1.54, 1.807) is 0 Å². The zero-order valence-electron chi connectivity index (χ0n) is 12.0. The summed E-state index contributed by atoms with van der Waals surface area (Å²) in [5.74, 6) is -0.600. The topological polar surface area (TPSA) is 81.4 Å². The number of nitrogen functional groups attached to an aromatic ring is 1. The third-order valence-electron chi connectivity index (χ3n) is 2.66. The summed E-state index contributed by atoms with van der Waals surface area (Å²) < 4.78 is 45.3. The number of sulfonamides is 1. The maximum absolute atomic E-state index is 13.2. The molecule has 0 radical (unpaired) electrons. The number of halogens is 2. The molecular weight excluding hydrogens is 363 g/mol. The molecule has 0 aliphatic carbocycles. The quantitative estimate of drug-likeness (QED) is 0.534. The average Bonchev–Trinajstić information content (AvgIpc) is 2.37. The number of hydrogen-bond acceptors (Lipinski definition) is 4. The minimum Gasteiger partial charge on any atom is -0.398 e. The van der Waals surface area contributed by atoms with E-state index in [1.807, 2.05) is 13.8 Å². The number of nitrogens with two attached hydrogens (primary N) is 1. The predicted molar refractivity (Wildman–Crippen MR) is 84.0 cm³/mol. The lowest BCUT2D eigenvalue weighted by molar-refractivity contribution is 0.0762. The van der Waals surface area contributed by atoms with E-state index in [0.29, 0.717) is 13.0 Å². The minimum atomic E-state index is -3.75. The summed E-state index contributed by atoms with van der Waals surface area (Å²) >= 11 is 2.95. The average molecular weight is 383 g/mol. The van der Waals surface area contributed by atoms with E-state index in [0.717, 1.165) is 18.6 Å². The van der Waals surface area contributed by atoms with Crippen LogP contribution in [0.4, 0.5) is 10.1 Å². The second-order valence-electron chi connectivity index (χ2n) is 4.83. The Morgan fingerprint density at radius 2 is 2.05 bits per heavy atom. The van der Waals surface area contributed by atoms with E-state index < -0.39 is 15.8 Å². The molecule has 21 heavy (non-hydrogen) atoms. The van der Waals surface area contributed by atoms with Crippen LogP contribution in [0.15, 0.2) is 21.5 Å². The molecule has 0 fully saturated rings. The molecule has 0 atom stereocenters. The van der Waals surface area contributed by atoms with Gasteiger partial charge in [-0.1, -0.05) is 0 Å². The van der Waals surface area contributed by atoms with Crippen molar-refractivity contribution in [3.63, 3.8) is 0 Å². The highest BCUT2D eigenvalue weighted by Gasteiger charge is 2.19. The van der Waals surface area contributed by atoms with Crippen LogP contribution in [0.2, 0.25) is 0 Å². The molecule has 0 aliphatic rings. The van der Waals surface area contributed by atoms with Crippen LogP contribution in [0.25, 0.3) is 0 Å². The standard InChI is InChI=1S/C13H20BrFN2O3S/c1-9(2)20-6-4-3-5-17-21(18,19)13-7-10(14)11(15)8-12(13)16/h7-9,17H,3-6,16H2,1-2H3. The van der Waals surface area contributed by atoms with Gasteiger partial charge < -0.3 is 10.5 Å². The number of hydrogen-bond donors (Lipinski definition) is 2. The summed E-state index contributed by atoms with van der Waals surface area (Å²) in [6.45, 7) is 4.75. The molecule has 0 saturated carbocycles. The smallest absolute Gasteiger partial charge is 0.242 e. The minimum absolute atomic E-state index is 0.0578. The van der Waals surface area contributed by atoms with Gasteiger partial charge in [0.1, 0.15) is 10.7 Å². The van der Waals surface area contributed by atoms with Crippen LogP contribution in [0.3, 0.4) is 0 Å². The van der Waals surface area contributed by atoms with E-state index in [1.165, 1.54) is 0 Å². The molecular formula is C13H20BrFN2O3S. The molecule has 0 aliphatic heterocycles. The van der Waals surface area contributed by atoms with Gasteiger partial charge in [-0.05, 0) is 54.8 Å². The second-order valence-corrected chi connectivity index (χ2v) is 7.42. The van der Waals surface area contributed by atoms with Gasteiger partial charge in [0.2, 0.25) is 10.0 Å². The Bertz CT molecular complexity index is 579. The van der Waals surface area contributed by atoms with Gasteiger partial charge in [-0.15, -0.1) is 0 Å². The molecule has 0 spiro atoms. The van der Waals surface area contributed by atoms with Crippen LogP contribution < -0.4 is 10.5 Å². The Kier molecular flexibility index (Phi) is 7.05. The van der Waals surface area contributed by atoms with Crippen molar-refractivity contribution in [3.8, 4) is 0 Å². The normalized spacial score (nSPS) is 12.0. The van der Waals surface area contributed by atoms with Crippen molar-refractivity contribution < 1.29 is 17.5 Å². The highest BCUT2D eigenvalue weighted by Crippen LogP contribution is 2.25. The molecule has 0 saturated heterocycles. The van der Waals surface area contributed by atoms with Crippen LogP contribution >= 0.6 is 15.9 Å². The van der Waals surface area contributed by atoms with E-state index >= 15 is 0 Å². The van der Waals surface area contributed by atoms with E-state index in [9.17, 15) is 12.8 Å². The Hall–Kier alpha value is -0.700. The highest BCUT2D eigenvalue weighted by atomic mass is 79.9. The third-order valence-corrected chi connectivity index (χ3v) is 4.78. The van der Waals surface area contributed by atoms with Crippen molar-refractivity contribution in [1.29, 1.82) is 0 Å². The van der Waals surface area contributed by atoms with E-state index in [2.05, 4.69) is 20.7 Å². The van der Waals surface area contributed by atoms with Crippen LogP contribution in [-0.2, 0) is 14.8 Å². The zero-order valence-corrected chi connectivity index (χ0v) is 14.4. The van der Waals surface area contributed by atoms with Crippen molar-refractivity contribution in [2.75, 3.05) is 18.9 Å². The fourth-order valence-electron chi connectivity index (χ4n) is 1.61. The number of benzene rings is 1. The Morgan fingerprint density at radius 1 is 1.38 bits per heavy atom. The van der Waals surface area contributed by atoms with Gasteiger partial charge in [-0.3, -0.25) is 0 Å². The number of nitrogens with one attached hydrogen (secondary N) is 1. The molecule has 1 rings (SSSR count). The highest BCUT2D eigenvalue weighted by molar-refractivity contribution is 9.10. The number of rotatable bonds is 8. The lowest BCUT2D eigenvalue weighted by Crippen LogP contribution is -2.26. The molecule has 0 heterocycles. The second kappa shape index (κ2) is 8.07. The third kappa shape index (κ3) is 5.90. The molecule has 0 unspecified atom stereocenters. The summed E-state index contributed by atoms with van der Waals surface area (Å²) in [7, 11) is -3.75. The van der Waals surface area contributed by atoms with Gasteiger partial charge in [-0.25, -0.2) is 17.5 Å². The molecule has 0 bridgehead atoms. The zero-order chi connectivity index (χ0) is 16.0. The van der Waals surface area contributed by atoms with Gasteiger partial charge in [0.05, 0.1) is 16.3 Å². The monoisotopic (exact) mass is 382 g/mol. The summed E-state index contributed by atoms with van der Waals surface area (Å²) in [5, 5.41) is 0. The number of unbranched alkanes of at least 4 members (excludes halogenated alkanes) is 1. The fraction of sp³-hybridized carbons (Fsp3) is 0.538. The van der Waals surface area contributed by atoms with Crippen molar-refractivity contribution in [3.05, 3.63) is 22.4 Å². The summed E-state index contributed by atoms with van der Waals surface area (Å²) in [6.07, 6.45) is 1.57. The van der Waals surface area contributed by atoms with Crippen molar-refractivity contribution in [1.82, 2.24) is 4.72 Å². The Morgan fingerprint density at radius 3 is 2.67 bits per heavy atom. The van der Waals surface area contributed by atoms with Crippen molar-refractivity contribution in [2.45, 2.75) is 37.7 Å². The molecule has 1 aromatic rings. The van der Waals surface area contributed by atoms with Crippen LogP contribution in [-0.4, -0.2) is 27.7 Å². The van der Waals surface area contributed by atoms with Crippen molar-refractivity contribution >= 4 is 31.6 Å². The van der Waals surface area contributed by atoms with Crippen LogP contribution in [0, 0.1) is 5.82 Å². The Balaban J connectivity index is 2.56. The van der Waals surface area contributed by atoms with Gasteiger partial charge in [-0.2, -0.15) is 0 Å². The van der Waals surface area contributed by atoms with E-state index in [-0.39, 0.29) is 27.7 Å². The lowest BCUT2D eigenvalue weighted by Gasteiger charge is -2.10. The summed E-state index contributed by atoms with van der Waals surface area (Å²) in [4.78, 5) is -0.130. The van der Waals surface area contributed by atoms with E-state index in [4.69, 9.17) is 10.5 Å². The summed E-state index contributed by atoms with van der Waals surface area (Å²) in [6, 6.07) is 2.14. The molecule has 120 valence electrons. The Labute approximate surface area is 133 Å². The maximum atomic E-state index is 13.2. The lowest BCUT2D eigenvalue weighted by atomic mass is 10.3.